The Morgan fingerprint density at radius 2 is 0.842 bits per heavy atom. The average Bonchev–Trinajstić information content (AvgIpc) is 3.38. The van der Waals surface area contributed by atoms with Gasteiger partial charge >= 0.3 is 5.97 Å². The molecule has 0 aromatic rings. The van der Waals surface area contributed by atoms with E-state index in [0.717, 1.165) is 83.5 Å². The van der Waals surface area contributed by atoms with Crippen LogP contribution in [0.4, 0.5) is 0 Å². The van der Waals surface area contributed by atoms with Crippen LogP contribution in [0.5, 0.6) is 0 Å². The Kier molecular flexibility index (Phi) is 55.2. The standard InChI is InChI=1S/C66H127N2O7P/c1-7-10-13-16-19-22-25-27-29-30-31-32-33-34-35-36-37-38-39-40-43-46-49-52-55-58-65(69)67-63(62-74-76(71,72)73-61-60-68(4,5)6)64(57-54-51-48-45-42-24-21-18-15-12-9-3)75-66(70)59-56-53-50-47-44-41-28-26-23-20-17-14-11-8-2/h11,14,20,23,54,57,63-64H,7-10,12-13,15-19,21-22,24-53,55-56,58-62H2,1-6H3,(H-,67,69,71,72)/b14-11+,23-20+,57-54-. The van der Waals surface area contributed by atoms with Crippen LogP contribution in [-0.4, -0.2) is 69.4 Å². The van der Waals surface area contributed by atoms with E-state index in [4.69, 9.17) is 13.8 Å². The molecule has 0 spiro atoms. The van der Waals surface area contributed by atoms with Crippen molar-refractivity contribution >= 4 is 19.7 Å². The fraction of sp³-hybridized carbons (Fsp3) is 0.879. The second kappa shape index (κ2) is 56.5. The van der Waals surface area contributed by atoms with Gasteiger partial charge in [-0.25, -0.2) is 0 Å². The van der Waals surface area contributed by atoms with Crippen LogP contribution in [0.1, 0.15) is 323 Å². The third-order valence-corrected chi connectivity index (χ3v) is 15.8. The summed E-state index contributed by atoms with van der Waals surface area (Å²) >= 11 is 0. The molecule has 0 saturated heterocycles. The highest BCUT2D eigenvalue weighted by Crippen LogP contribution is 2.38. The first-order valence-corrected chi connectivity index (χ1v) is 34.3. The monoisotopic (exact) mass is 1090 g/mol. The van der Waals surface area contributed by atoms with Crippen LogP contribution in [0, 0.1) is 0 Å². The minimum atomic E-state index is -4.70. The third kappa shape index (κ3) is 56.9. The van der Waals surface area contributed by atoms with E-state index in [0.29, 0.717) is 17.4 Å². The van der Waals surface area contributed by atoms with Crippen LogP contribution in [-0.2, 0) is 27.9 Å². The Balaban J connectivity index is 5.00. The van der Waals surface area contributed by atoms with Crippen LogP contribution in [0.3, 0.4) is 0 Å². The van der Waals surface area contributed by atoms with E-state index in [1.165, 1.54) is 205 Å². The van der Waals surface area contributed by atoms with Gasteiger partial charge in [0, 0.05) is 12.8 Å². The molecule has 0 aromatic heterocycles. The zero-order valence-electron chi connectivity index (χ0n) is 51.2. The quantitative estimate of drug-likeness (QED) is 0.0212. The number of carbonyl (C=O) groups excluding carboxylic acids is 2. The van der Waals surface area contributed by atoms with E-state index in [9.17, 15) is 19.0 Å². The average molecular weight is 1090 g/mol. The van der Waals surface area contributed by atoms with Crippen LogP contribution in [0.2, 0.25) is 0 Å². The van der Waals surface area contributed by atoms with Crippen molar-refractivity contribution in [2.24, 2.45) is 0 Å². The van der Waals surface area contributed by atoms with E-state index in [2.05, 4.69) is 50.4 Å². The van der Waals surface area contributed by atoms with Crippen LogP contribution in [0.25, 0.3) is 0 Å². The first-order valence-electron chi connectivity index (χ1n) is 32.8. The van der Waals surface area contributed by atoms with Gasteiger partial charge < -0.3 is 28.5 Å². The number of unbranched alkanes of at least 4 members (excludes halogenated alkanes) is 40. The largest absolute Gasteiger partial charge is 0.756 e. The first-order chi connectivity index (χ1) is 36.9. The Hall–Kier alpha value is -1.77. The van der Waals surface area contributed by atoms with Gasteiger partial charge in [0.2, 0.25) is 5.91 Å². The highest BCUT2D eigenvalue weighted by atomic mass is 31.2. The highest BCUT2D eigenvalue weighted by molar-refractivity contribution is 7.45. The molecule has 0 rings (SSSR count). The minimum Gasteiger partial charge on any atom is -0.756 e. The molecule has 0 fully saturated rings. The van der Waals surface area contributed by atoms with Crippen molar-refractivity contribution < 1.29 is 37.3 Å². The van der Waals surface area contributed by atoms with E-state index in [-0.39, 0.29) is 31.5 Å². The van der Waals surface area contributed by atoms with Gasteiger partial charge in [0.25, 0.3) is 7.82 Å². The molecule has 3 unspecified atom stereocenters. The minimum absolute atomic E-state index is 0.0213. The lowest BCUT2D eigenvalue weighted by atomic mass is 10.0. The van der Waals surface area contributed by atoms with Crippen LogP contribution >= 0.6 is 7.82 Å². The number of hydrogen-bond donors (Lipinski definition) is 1. The van der Waals surface area contributed by atoms with Crippen LogP contribution < -0.4 is 10.2 Å². The zero-order valence-corrected chi connectivity index (χ0v) is 52.1. The van der Waals surface area contributed by atoms with Gasteiger partial charge in [0.05, 0.1) is 33.8 Å². The molecule has 0 heterocycles. The van der Waals surface area contributed by atoms with Crippen molar-refractivity contribution in [1.29, 1.82) is 0 Å². The summed E-state index contributed by atoms with van der Waals surface area (Å²) in [5, 5.41) is 3.03. The van der Waals surface area contributed by atoms with E-state index >= 15 is 0 Å². The van der Waals surface area contributed by atoms with Crippen molar-refractivity contribution in [1.82, 2.24) is 5.32 Å². The molecular weight excluding hydrogens is 964 g/mol. The second-order valence-electron chi connectivity index (χ2n) is 23.6. The SMILES string of the molecule is CC/C=C/C/C=C/CCCCCCCCCC(=O)OC(/C=C\CCCCCCCCCCC)C(COP(=O)([O-])OCC[N+](C)(C)C)NC(=O)CCCCCCCCCCCCCCCCCCCCCCCCCCC. The van der Waals surface area contributed by atoms with Crippen molar-refractivity contribution in [3.8, 4) is 0 Å². The number of carbonyl (C=O) groups is 2. The maximum absolute atomic E-state index is 13.5. The van der Waals surface area contributed by atoms with Gasteiger partial charge in [-0.3, -0.25) is 14.2 Å². The molecule has 0 radical (unpaired) electrons. The number of allylic oxidation sites excluding steroid dienone is 5. The summed E-state index contributed by atoms with van der Waals surface area (Å²) in [6, 6.07) is -0.887. The Morgan fingerprint density at radius 3 is 1.25 bits per heavy atom. The first kappa shape index (κ1) is 74.2. The lowest BCUT2D eigenvalue weighted by Crippen LogP contribution is -2.47. The number of ether oxygens (including phenoxy) is 1. The van der Waals surface area contributed by atoms with Gasteiger partial charge in [-0.1, -0.05) is 289 Å². The molecule has 0 bridgehead atoms. The van der Waals surface area contributed by atoms with Gasteiger partial charge in [-0.05, 0) is 57.4 Å². The lowest BCUT2D eigenvalue weighted by molar-refractivity contribution is -0.870. The normalized spacial score (nSPS) is 13.8. The second-order valence-corrected chi connectivity index (χ2v) is 25.0. The van der Waals surface area contributed by atoms with Crippen molar-refractivity contribution in [2.45, 2.75) is 335 Å². The summed E-state index contributed by atoms with van der Waals surface area (Å²) in [5.74, 6) is -0.537. The zero-order chi connectivity index (χ0) is 55.7. The number of nitrogens with zero attached hydrogens (tertiary/aromatic N) is 1. The van der Waals surface area contributed by atoms with Gasteiger partial charge in [-0.2, -0.15) is 0 Å². The number of nitrogens with one attached hydrogen (secondary N) is 1. The molecule has 0 aliphatic heterocycles. The smallest absolute Gasteiger partial charge is 0.306 e. The molecule has 3 atom stereocenters. The molecular formula is C66H127N2O7P. The lowest BCUT2D eigenvalue weighted by Gasteiger charge is -2.30. The number of quaternary nitrogens is 1. The maximum atomic E-state index is 13.5. The number of rotatable bonds is 60. The Morgan fingerprint density at radius 1 is 0.474 bits per heavy atom. The van der Waals surface area contributed by atoms with Crippen molar-refractivity contribution in [2.75, 3.05) is 40.9 Å². The highest BCUT2D eigenvalue weighted by Gasteiger charge is 2.27. The summed E-state index contributed by atoms with van der Waals surface area (Å²) in [7, 11) is 1.19. The number of phosphoric acid groups is 1. The molecule has 0 aromatic carbocycles. The van der Waals surface area contributed by atoms with Crippen molar-refractivity contribution in [3.05, 3.63) is 36.5 Å². The summed E-state index contributed by atoms with van der Waals surface area (Å²) in [5.41, 5.74) is 0. The van der Waals surface area contributed by atoms with Gasteiger partial charge in [-0.15, -0.1) is 0 Å². The van der Waals surface area contributed by atoms with Gasteiger partial charge in [0.15, 0.2) is 0 Å². The Labute approximate surface area is 472 Å². The summed E-state index contributed by atoms with van der Waals surface area (Å²) in [6.07, 6.45) is 68.4. The predicted octanol–water partition coefficient (Wildman–Crippen LogP) is 19.7. The molecule has 10 heteroatoms. The molecule has 76 heavy (non-hydrogen) atoms. The predicted molar refractivity (Wildman–Crippen MR) is 326 cm³/mol. The number of likely N-dealkylation sites (N-methyl/N-ethyl adjacent to an activating group) is 1. The fourth-order valence-corrected chi connectivity index (χ4v) is 10.5. The number of esters is 1. The molecule has 0 saturated carbocycles. The van der Waals surface area contributed by atoms with Crippen LogP contribution in [0.15, 0.2) is 36.5 Å². The summed E-state index contributed by atoms with van der Waals surface area (Å²) in [6.45, 7) is 6.77. The molecule has 1 N–H and O–H groups in total. The maximum Gasteiger partial charge on any atom is 0.306 e. The molecule has 0 aliphatic carbocycles. The van der Waals surface area contributed by atoms with Gasteiger partial charge in [0.1, 0.15) is 19.3 Å². The molecule has 1 amide bonds. The van der Waals surface area contributed by atoms with E-state index in [1.807, 2.05) is 33.3 Å². The molecule has 0 aliphatic rings. The molecule has 9 nitrogen and oxygen atoms in total. The Bertz CT molecular complexity index is 1400. The number of amides is 1. The van der Waals surface area contributed by atoms with E-state index in [1.54, 1.807) is 0 Å². The summed E-state index contributed by atoms with van der Waals surface area (Å²) in [4.78, 5) is 40.0. The molecule has 448 valence electrons. The third-order valence-electron chi connectivity index (χ3n) is 14.8. The topological polar surface area (TPSA) is 114 Å². The number of hydrogen-bond acceptors (Lipinski definition) is 7. The summed E-state index contributed by atoms with van der Waals surface area (Å²) < 4.78 is 30.3. The van der Waals surface area contributed by atoms with Crippen molar-refractivity contribution in [3.63, 3.8) is 0 Å². The van der Waals surface area contributed by atoms with E-state index < -0.39 is 20.0 Å². The number of phosphoric ester groups is 1. The fourth-order valence-electron chi connectivity index (χ4n) is 9.80.